The van der Waals surface area contributed by atoms with E-state index in [0.29, 0.717) is 18.6 Å². The van der Waals surface area contributed by atoms with Gasteiger partial charge in [-0.25, -0.2) is 17.2 Å². The van der Waals surface area contributed by atoms with E-state index in [1.54, 1.807) is 6.92 Å². The molecule has 0 saturated heterocycles. The van der Waals surface area contributed by atoms with Crippen LogP contribution in [0.25, 0.3) is 0 Å². The van der Waals surface area contributed by atoms with Crippen molar-refractivity contribution in [2.24, 2.45) is 0 Å². The summed E-state index contributed by atoms with van der Waals surface area (Å²) in [4.78, 5) is -0.653. The number of benzene rings is 1. The van der Waals surface area contributed by atoms with Crippen molar-refractivity contribution in [1.29, 1.82) is 0 Å². The van der Waals surface area contributed by atoms with Gasteiger partial charge in [0.2, 0.25) is 0 Å². The van der Waals surface area contributed by atoms with E-state index in [1.807, 2.05) is 0 Å². The molecule has 1 aromatic rings. The third-order valence-electron chi connectivity index (χ3n) is 1.90. The fraction of sp³-hybridized carbons (Fsp3) is 0.273. The van der Waals surface area contributed by atoms with Gasteiger partial charge in [0.15, 0.2) is 17.4 Å². The van der Waals surface area contributed by atoms with E-state index < -0.39 is 31.3 Å². The van der Waals surface area contributed by atoms with Gasteiger partial charge in [0, 0.05) is 17.1 Å². The zero-order valence-electron chi connectivity index (χ0n) is 9.34. The van der Waals surface area contributed by atoms with Crippen LogP contribution in [0.1, 0.15) is 13.3 Å². The first-order valence-corrected chi connectivity index (χ1v) is 7.13. The van der Waals surface area contributed by atoms with Gasteiger partial charge in [0.05, 0.1) is 11.5 Å². The summed E-state index contributed by atoms with van der Waals surface area (Å²) in [6.07, 6.45) is 0.310. The minimum Gasteiger partial charge on any atom is -0.487 e. The summed E-state index contributed by atoms with van der Waals surface area (Å²) < 4.78 is 53.5. The first kappa shape index (κ1) is 14.7. The molecule has 0 radical (unpaired) electrons. The van der Waals surface area contributed by atoms with E-state index in [1.165, 1.54) is 0 Å². The van der Waals surface area contributed by atoms with Crippen molar-refractivity contribution in [2.45, 2.75) is 18.2 Å². The molecule has 0 fully saturated rings. The minimum atomic E-state index is -4.18. The lowest BCUT2D eigenvalue weighted by atomic mass is 10.3. The van der Waals surface area contributed by atoms with Crippen molar-refractivity contribution < 1.29 is 21.9 Å². The van der Waals surface area contributed by atoms with E-state index in [-0.39, 0.29) is 6.61 Å². The Morgan fingerprint density at radius 1 is 1.33 bits per heavy atom. The molecule has 0 aliphatic heterocycles. The number of hydrogen-bond acceptors (Lipinski definition) is 3. The lowest BCUT2D eigenvalue weighted by Gasteiger charge is -2.07. The second-order valence-corrected chi connectivity index (χ2v) is 5.75. The van der Waals surface area contributed by atoms with Gasteiger partial charge in [-0.2, -0.15) is 0 Å². The van der Waals surface area contributed by atoms with Gasteiger partial charge in [-0.05, 0) is 19.1 Å². The summed E-state index contributed by atoms with van der Waals surface area (Å²) >= 11 is 0. The quantitative estimate of drug-likeness (QED) is 0.487. The molecule has 0 unspecified atom stereocenters. The molecule has 1 rings (SSSR count). The molecular formula is C11H9ClF2O3S. The van der Waals surface area contributed by atoms with Crippen LogP contribution in [0.3, 0.4) is 0 Å². The molecule has 98 valence electrons. The van der Waals surface area contributed by atoms with Crippen LogP contribution in [-0.4, -0.2) is 15.0 Å². The molecule has 0 aromatic heterocycles. The SMILES string of the molecule is CC#CCCOc1c(F)cc(S(=O)(=O)Cl)cc1F. The standard InChI is InChI=1S/C11H9ClF2O3S/c1-2-3-4-5-17-11-9(13)6-8(7-10(11)14)18(12,15)16/h6-7H,4-5H2,1H3. The topological polar surface area (TPSA) is 43.4 Å². The van der Waals surface area contributed by atoms with E-state index in [0.717, 1.165) is 0 Å². The maximum atomic E-state index is 13.4. The Morgan fingerprint density at radius 3 is 2.33 bits per heavy atom. The summed E-state index contributed by atoms with van der Waals surface area (Å²) in [5.74, 6) is 2.36. The first-order chi connectivity index (χ1) is 8.36. The molecule has 0 atom stereocenters. The van der Waals surface area contributed by atoms with Gasteiger partial charge in [-0.1, -0.05) is 0 Å². The van der Waals surface area contributed by atoms with E-state index in [4.69, 9.17) is 15.4 Å². The third-order valence-corrected chi connectivity index (χ3v) is 3.24. The average molecular weight is 295 g/mol. The van der Waals surface area contributed by atoms with Crippen LogP contribution in [0.2, 0.25) is 0 Å². The van der Waals surface area contributed by atoms with Crippen molar-refractivity contribution in [1.82, 2.24) is 0 Å². The smallest absolute Gasteiger partial charge is 0.261 e. The summed E-state index contributed by atoms with van der Waals surface area (Å²) in [6, 6.07) is 1.21. The van der Waals surface area contributed by atoms with Crippen molar-refractivity contribution in [3.63, 3.8) is 0 Å². The highest BCUT2D eigenvalue weighted by atomic mass is 35.7. The highest BCUT2D eigenvalue weighted by Gasteiger charge is 2.18. The fourth-order valence-electron chi connectivity index (χ4n) is 1.14. The molecule has 7 heteroatoms. The second kappa shape index (κ2) is 6.03. The molecule has 0 saturated carbocycles. The lowest BCUT2D eigenvalue weighted by Crippen LogP contribution is -2.03. The normalized spacial score (nSPS) is 10.7. The van der Waals surface area contributed by atoms with Crippen LogP contribution in [0.4, 0.5) is 8.78 Å². The molecule has 0 aliphatic rings. The van der Waals surface area contributed by atoms with Crippen LogP contribution in [0.15, 0.2) is 17.0 Å². The maximum Gasteiger partial charge on any atom is 0.261 e. The van der Waals surface area contributed by atoms with Crippen LogP contribution in [-0.2, 0) is 9.05 Å². The highest BCUT2D eigenvalue weighted by Crippen LogP contribution is 2.27. The van der Waals surface area contributed by atoms with Gasteiger partial charge in [-0.15, -0.1) is 11.8 Å². The van der Waals surface area contributed by atoms with Crippen LogP contribution in [0, 0.1) is 23.5 Å². The van der Waals surface area contributed by atoms with Crippen molar-refractivity contribution in [3.8, 4) is 17.6 Å². The van der Waals surface area contributed by atoms with Gasteiger partial charge in [0.1, 0.15) is 0 Å². The fourth-order valence-corrected chi connectivity index (χ4v) is 1.90. The number of rotatable bonds is 4. The number of hydrogen-bond donors (Lipinski definition) is 0. The first-order valence-electron chi connectivity index (χ1n) is 4.82. The molecule has 0 amide bonds. The Bertz CT molecular complexity index is 579. The van der Waals surface area contributed by atoms with E-state index >= 15 is 0 Å². The molecular weight excluding hydrogens is 286 g/mol. The minimum absolute atomic E-state index is 0.00164. The lowest BCUT2D eigenvalue weighted by molar-refractivity contribution is 0.291. The maximum absolute atomic E-state index is 13.4. The molecule has 0 aliphatic carbocycles. The second-order valence-electron chi connectivity index (χ2n) is 3.18. The summed E-state index contributed by atoms with van der Waals surface area (Å²) in [7, 11) is 0.801. The summed E-state index contributed by atoms with van der Waals surface area (Å²) in [6.45, 7) is 1.63. The van der Waals surface area contributed by atoms with E-state index in [2.05, 4.69) is 11.8 Å². The van der Waals surface area contributed by atoms with Crippen molar-refractivity contribution in [2.75, 3.05) is 6.61 Å². The molecule has 18 heavy (non-hydrogen) atoms. The molecule has 3 nitrogen and oxygen atoms in total. The Balaban J connectivity index is 2.97. The Labute approximate surface area is 108 Å². The largest absolute Gasteiger partial charge is 0.487 e. The Kier molecular flexibility index (Phi) is 4.93. The highest BCUT2D eigenvalue weighted by molar-refractivity contribution is 8.13. The Hall–Kier alpha value is -1.32. The van der Waals surface area contributed by atoms with Crippen LogP contribution in [0.5, 0.6) is 5.75 Å². The molecule has 0 spiro atoms. The molecule has 0 N–H and O–H groups in total. The van der Waals surface area contributed by atoms with Gasteiger partial charge in [-0.3, -0.25) is 0 Å². The van der Waals surface area contributed by atoms with Crippen molar-refractivity contribution >= 4 is 19.7 Å². The number of halogens is 3. The molecule has 0 bridgehead atoms. The van der Waals surface area contributed by atoms with Crippen LogP contribution < -0.4 is 4.74 Å². The number of ether oxygens (including phenoxy) is 1. The average Bonchev–Trinajstić information content (AvgIpc) is 2.25. The van der Waals surface area contributed by atoms with E-state index in [9.17, 15) is 17.2 Å². The molecule has 1 aromatic carbocycles. The van der Waals surface area contributed by atoms with Crippen molar-refractivity contribution in [3.05, 3.63) is 23.8 Å². The Morgan fingerprint density at radius 2 is 1.89 bits per heavy atom. The summed E-state index contributed by atoms with van der Waals surface area (Å²) in [5, 5.41) is 0. The predicted molar refractivity (Wildman–Crippen MR) is 63.0 cm³/mol. The third kappa shape index (κ3) is 3.86. The van der Waals surface area contributed by atoms with Gasteiger partial charge < -0.3 is 4.74 Å². The zero-order chi connectivity index (χ0) is 13.8. The predicted octanol–water partition coefficient (Wildman–Crippen LogP) is 2.68. The molecule has 0 heterocycles. The summed E-state index contributed by atoms with van der Waals surface area (Å²) in [5.41, 5.74) is 0. The van der Waals surface area contributed by atoms with Gasteiger partial charge in [0.25, 0.3) is 9.05 Å². The zero-order valence-corrected chi connectivity index (χ0v) is 10.9. The van der Waals surface area contributed by atoms with Gasteiger partial charge >= 0.3 is 0 Å². The monoisotopic (exact) mass is 294 g/mol. The van der Waals surface area contributed by atoms with Crippen LogP contribution >= 0.6 is 10.7 Å².